The van der Waals surface area contributed by atoms with E-state index in [-0.39, 0.29) is 11.9 Å². The monoisotopic (exact) mass is 486 g/mol. The maximum Gasteiger partial charge on any atom is 0.308 e. The highest BCUT2D eigenvalue weighted by Crippen LogP contribution is 2.31. The van der Waals surface area contributed by atoms with Gasteiger partial charge >= 0.3 is 11.9 Å². The molecule has 0 heterocycles. The van der Waals surface area contributed by atoms with Crippen LogP contribution < -0.4 is 9.47 Å². The molecule has 1 rings (SSSR count). The van der Waals surface area contributed by atoms with Gasteiger partial charge in [0.2, 0.25) is 0 Å². The average molecular weight is 487 g/mol. The first-order valence-electron chi connectivity index (χ1n) is 13.6. The Hall–Kier alpha value is -2.10. The third kappa shape index (κ3) is 14.1. The number of esters is 2. The van der Waals surface area contributed by atoms with Crippen molar-refractivity contribution in [1.29, 1.82) is 0 Å². The van der Waals surface area contributed by atoms with E-state index in [1.54, 1.807) is 12.1 Å². The fraction of sp³-hybridized carbons (Fsp3) is 0.677. The van der Waals surface area contributed by atoms with Crippen molar-refractivity contribution in [1.82, 2.24) is 0 Å². The molecule has 4 heteroatoms. The molecule has 1 aromatic rings. The molecule has 0 fully saturated rings. The lowest BCUT2D eigenvalue weighted by Crippen LogP contribution is -2.07. The molecule has 0 amide bonds. The van der Waals surface area contributed by atoms with Gasteiger partial charge in [0, 0.05) is 19.4 Å². The van der Waals surface area contributed by atoms with Crippen LogP contribution >= 0.6 is 0 Å². The minimum atomic E-state index is -0.364. The molecule has 198 valence electrons. The van der Waals surface area contributed by atoms with Crippen molar-refractivity contribution in [3.8, 4) is 11.5 Å². The lowest BCUT2D eigenvalue weighted by Gasteiger charge is -2.15. The predicted molar refractivity (Wildman–Crippen MR) is 146 cm³/mol. The van der Waals surface area contributed by atoms with Crippen molar-refractivity contribution in [3.63, 3.8) is 0 Å². The number of rotatable bonds is 16. The molecule has 0 aliphatic heterocycles. The van der Waals surface area contributed by atoms with Gasteiger partial charge in [0.1, 0.15) is 11.5 Å². The van der Waals surface area contributed by atoms with E-state index in [2.05, 4.69) is 40.7 Å². The van der Waals surface area contributed by atoms with Crippen molar-refractivity contribution in [3.05, 3.63) is 34.9 Å². The summed E-state index contributed by atoms with van der Waals surface area (Å²) in [4.78, 5) is 23.0. The molecule has 0 radical (unpaired) electrons. The SMILES string of the molecule is CC(=O)Oc1cc(C)c(OC(C)=O)c(C/C=C(\C)CCCC(C)CCCC(C)CCCC(C)C)c1. The number of allylic oxidation sites excluding steroid dienone is 2. The summed E-state index contributed by atoms with van der Waals surface area (Å²) < 4.78 is 10.7. The molecule has 4 nitrogen and oxygen atoms in total. The normalized spacial score (nSPS) is 13.6. The zero-order valence-electron chi connectivity index (χ0n) is 23.7. The summed E-state index contributed by atoms with van der Waals surface area (Å²) in [5, 5.41) is 0. The van der Waals surface area contributed by atoms with E-state index < -0.39 is 0 Å². The van der Waals surface area contributed by atoms with Gasteiger partial charge in [0.25, 0.3) is 0 Å². The van der Waals surface area contributed by atoms with Crippen LogP contribution in [0.5, 0.6) is 11.5 Å². The summed E-state index contributed by atoms with van der Waals surface area (Å²) in [5.74, 6) is 2.77. The van der Waals surface area contributed by atoms with E-state index in [0.29, 0.717) is 17.9 Å². The summed E-state index contributed by atoms with van der Waals surface area (Å²) in [6, 6.07) is 3.52. The van der Waals surface area contributed by atoms with Crippen LogP contribution in [0, 0.1) is 24.7 Å². The van der Waals surface area contributed by atoms with Gasteiger partial charge in [-0.25, -0.2) is 0 Å². The summed E-state index contributed by atoms with van der Waals surface area (Å²) in [5.41, 5.74) is 2.97. The molecule has 0 saturated carbocycles. The Kier molecular flexibility index (Phi) is 14.6. The summed E-state index contributed by atoms with van der Waals surface area (Å²) in [6.45, 7) is 16.2. The molecule has 0 N–H and O–H groups in total. The van der Waals surface area contributed by atoms with E-state index >= 15 is 0 Å². The van der Waals surface area contributed by atoms with Crippen molar-refractivity contribution >= 4 is 11.9 Å². The Bertz CT molecular complexity index is 822. The molecule has 0 bridgehead atoms. The number of aryl methyl sites for hydroxylation is 1. The molecule has 2 atom stereocenters. The first kappa shape index (κ1) is 30.9. The zero-order valence-corrected chi connectivity index (χ0v) is 23.7. The third-order valence-electron chi connectivity index (χ3n) is 6.64. The van der Waals surface area contributed by atoms with Gasteiger partial charge in [0.15, 0.2) is 0 Å². The minimum absolute atomic E-state index is 0.353. The summed E-state index contributed by atoms with van der Waals surface area (Å²) >= 11 is 0. The van der Waals surface area contributed by atoms with Crippen LogP contribution in [0.3, 0.4) is 0 Å². The Balaban J connectivity index is 2.50. The molecule has 0 aromatic heterocycles. The van der Waals surface area contributed by atoms with Crippen LogP contribution in [0.2, 0.25) is 0 Å². The summed E-state index contributed by atoms with van der Waals surface area (Å²) in [6.07, 6.45) is 14.5. The second-order valence-electron chi connectivity index (χ2n) is 11.0. The van der Waals surface area contributed by atoms with Gasteiger partial charge in [-0.05, 0) is 68.6 Å². The maximum atomic E-state index is 11.6. The molecule has 2 unspecified atom stereocenters. The van der Waals surface area contributed by atoms with Crippen molar-refractivity contribution in [2.45, 2.75) is 120 Å². The van der Waals surface area contributed by atoms with Crippen molar-refractivity contribution < 1.29 is 19.1 Å². The number of hydrogen-bond donors (Lipinski definition) is 0. The third-order valence-corrected chi connectivity index (χ3v) is 6.64. The fourth-order valence-electron chi connectivity index (χ4n) is 4.57. The number of benzene rings is 1. The Morgan fingerprint density at radius 3 is 1.89 bits per heavy atom. The molecule has 0 aliphatic rings. The van der Waals surface area contributed by atoms with Crippen LogP contribution in [0.4, 0.5) is 0 Å². The van der Waals surface area contributed by atoms with Gasteiger partial charge in [-0.15, -0.1) is 0 Å². The first-order chi connectivity index (χ1) is 16.5. The highest BCUT2D eigenvalue weighted by molar-refractivity contribution is 5.72. The molecule has 0 aliphatic carbocycles. The smallest absolute Gasteiger partial charge is 0.308 e. The average Bonchev–Trinajstić information content (AvgIpc) is 2.73. The van der Waals surface area contributed by atoms with Gasteiger partial charge in [-0.3, -0.25) is 9.59 Å². The van der Waals surface area contributed by atoms with Crippen LogP contribution in [0.25, 0.3) is 0 Å². The standard InChI is InChI=1S/C31H50O4/c1-22(2)12-9-13-23(3)14-10-15-24(4)16-11-17-25(5)18-19-29-21-30(34-27(7)32)20-26(6)31(29)35-28(8)33/h18,20-24H,9-17,19H2,1-8H3/b25-18+. The molecule has 0 saturated heterocycles. The van der Waals surface area contributed by atoms with E-state index in [9.17, 15) is 9.59 Å². The van der Waals surface area contributed by atoms with Crippen molar-refractivity contribution in [2.24, 2.45) is 17.8 Å². The zero-order chi connectivity index (χ0) is 26.4. The largest absolute Gasteiger partial charge is 0.427 e. The fourth-order valence-corrected chi connectivity index (χ4v) is 4.57. The quantitative estimate of drug-likeness (QED) is 0.133. The van der Waals surface area contributed by atoms with Gasteiger partial charge in [-0.1, -0.05) is 84.3 Å². The minimum Gasteiger partial charge on any atom is -0.427 e. The lowest BCUT2D eigenvalue weighted by molar-refractivity contribution is -0.133. The topological polar surface area (TPSA) is 52.6 Å². The number of hydrogen-bond acceptors (Lipinski definition) is 4. The molecule has 0 spiro atoms. The molecule has 1 aromatic carbocycles. The van der Waals surface area contributed by atoms with Gasteiger partial charge in [0.05, 0.1) is 0 Å². The number of carbonyl (C=O) groups excluding carboxylic acids is 2. The maximum absolute atomic E-state index is 11.6. The lowest BCUT2D eigenvalue weighted by atomic mass is 9.91. The second kappa shape index (κ2) is 16.5. The number of carbonyl (C=O) groups is 2. The molecular formula is C31H50O4. The van der Waals surface area contributed by atoms with Crippen molar-refractivity contribution in [2.75, 3.05) is 0 Å². The van der Waals surface area contributed by atoms with E-state index in [1.165, 1.54) is 70.8 Å². The van der Waals surface area contributed by atoms with Crippen LogP contribution in [0.1, 0.15) is 117 Å². The van der Waals surface area contributed by atoms with E-state index in [0.717, 1.165) is 35.3 Å². The van der Waals surface area contributed by atoms with Gasteiger partial charge < -0.3 is 9.47 Å². The van der Waals surface area contributed by atoms with Gasteiger partial charge in [-0.2, -0.15) is 0 Å². The molecular weight excluding hydrogens is 436 g/mol. The van der Waals surface area contributed by atoms with Crippen LogP contribution in [0.15, 0.2) is 23.8 Å². The Labute approximate surface area is 214 Å². The van der Waals surface area contributed by atoms with Crippen LogP contribution in [-0.2, 0) is 16.0 Å². The first-order valence-corrected chi connectivity index (χ1v) is 13.6. The second-order valence-corrected chi connectivity index (χ2v) is 11.0. The van der Waals surface area contributed by atoms with Crippen LogP contribution in [-0.4, -0.2) is 11.9 Å². The number of ether oxygens (including phenoxy) is 2. The highest BCUT2D eigenvalue weighted by Gasteiger charge is 2.13. The van der Waals surface area contributed by atoms with E-state index in [4.69, 9.17) is 9.47 Å². The Morgan fingerprint density at radius 2 is 1.34 bits per heavy atom. The highest BCUT2D eigenvalue weighted by atomic mass is 16.5. The van der Waals surface area contributed by atoms with E-state index in [1.807, 2.05) is 6.92 Å². The predicted octanol–water partition coefficient (Wildman–Crippen LogP) is 8.77. The molecule has 35 heavy (non-hydrogen) atoms. The summed E-state index contributed by atoms with van der Waals surface area (Å²) in [7, 11) is 0. The Morgan fingerprint density at radius 1 is 0.800 bits per heavy atom.